The van der Waals surface area contributed by atoms with Crippen LogP contribution < -0.4 is 0 Å². The monoisotopic (exact) mass is 544 g/mol. The Morgan fingerprint density at radius 3 is 1.05 bits per heavy atom. The topological polar surface area (TPSA) is 140 Å². The lowest BCUT2D eigenvalue weighted by molar-refractivity contribution is -0.157. The van der Waals surface area contributed by atoms with Crippen LogP contribution in [-0.4, -0.2) is 143 Å². The highest BCUT2D eigenvalue weighted by Crippen LogP contribution is 2.10. The van der Waals surface area contributed by atoms with Crippen molar-refractivity contribution >= 4 is 23.9 Å². The highest BCUT2D eigenvalue weighted by atomic mass is 16.6. The summed E-state index contributed by atoms with van der Waals surface area (Å²) in [6.07, 6.45) is -0.0256. The Bertz CT molecular complexity index is 698. The van der Waals surface area contributed by atoms with Crippen LogP contribution >= 0.6 is 0 Å². The molecule has 220 valence electrons. The van der Waals surface area contributed by atoms with Gasteiger partial charge in [-0.25, -0.2) is 0 Å². The van der Waals surface area contributed by atoms with Crippen molar-refractivity contribution in [1.82, 2.24) is 19.6 Å². The van der Waals surface area contributed by atoms with Crippen molar-refractivity contribution in [3.8, 4) is 0 Å². The molecule has 1 fully saturated rings. The molecule has 38 heavy (non-hydrogen) atoms. The van der Waals surface area contributed by atoms with E-state index in [1.165, 1.54) is 0 Å². The van der Waals surface area contributed by atoms with Crippen LogP contribution in [0.2, 0.25) is 0 Å². The molecule has 1 saturated heterocycles. The fraction of sp³-hybridized carbons (Fsp3) is 0.846. The molecular weight excluding hydrogens is 496 g/mol. The smallest absolute Gasteiger partial charge is 0.320 e. The number of aliphatic carboxylic acids is 2. The maximum absolute atomic E-state index is 12.5. The van der Waals surface area contributed by atoms with Crippen molar-refractivity contribution in [2.24, 2.45) is 0 Å². The molecule has 0 spiro atoms. The van der Waals surface area contributed by atoms with Gasteiger partial charge >= 0.3 is 23.9 Å². The van der Waals surface area contributed by atoms with E-state index < -0.39 is 23.1 Å². The molecule has 0 aliphatic carbocycles. The molecule has 12 nitrogen and oxygen atoms in total. The van der Waals surface area contributed by atoms with Gasteiger partial charge in [-0.15, -0.1) is 0 Å². The first-order valence-electron chi connectivity index (χ1n) is 13.3. The Labute approximate surface area is 226 Å². The van der Waals surface area contributed by atoms with Crippen LogP contribution in [-0.2, 0) is 28.7 Å². The molecule has 0 atom stereocenters. The summed E-state index contributed by atoms with van der Waals surface area (Å²) in [4.78, 5) is 55.5. The van der Waals surface area contributed by atoms with Crippen LogP contribution in [0.5, 0.6) is 0 Å². The number of esters is 2. The lowest BCUT2D eigenvalue weighted by Crippen LogP contribution is -2.48. The van der Waals surface area contributed by atoms with Gasteiger partial charge in [0.2, 0.25) is 0 Å². The average molecular weight is 545 g/mol. The van der Waals surface area contributed by atoms with E-state index in [1.54, 1.807) is 0 Å². The zero-order valence-electron chi connectivity index (χ0n) is 24.0. The van der Waals surface area contributed by atoms with Crippen molar-refractivity contribution in [2.45, 2.75) is 65.6 Å². The predicted molar refractivity (Wildman–Crippen MR) is 142 cm³/mol. The highest BCUT2D eigenvalue weighted by molar-refractivity contribution is 5.72. The van der Waals surface area contributed by atoms with Crippen LogP contribution in [0.15, 0.2) is 0 Å². The van der Waals surface area contributed by atoms with E-state index >= 15 is 0 Å². The quantitative estimate of drug-likeness (QED) is 0.377. The van der Waals surface area contributed by atoms with Crippen LogP contribution in [0, 0.1) is 0 Å². The van der Waals surface area contributed by atoms with Gasteiger partial charge in [0.05, 0.1) is 25.9 Å². The van der Waals surface area contributed by atoms with Crippen molar-refractivity contribution in [3.05, 3.63) is 0 Å². The van der Waals surface area contributed by atoms with E-state index in [4.69, 9.17) is 9.47 Å². The van der Waals surface area contributed by atoms with Crippen molar-refractivity contribution in [1.29, 1.82) is 0 Å². The van der Waals surface area contributed by atoms with E-state index in [2.05, 4.69) is 0 Å². The van der Waals surface area contributed by atoms with E-state index in [-0.39, 0.29) is 37.9 Å². The van der Waals surface area contributed by atoms with E-state index in [0.29, 0.717) is 65.4 Å². The van der Waals surface area contributed by atoms with E-state index in [9.17, 15) is 29.4 Å². The van der Waals surface area contributed by atoms with Crippen molar-refractivity contribution in [3.63, 3.8) is 0 Å². The Balaban J connectivity index is 3.04. The minimum Gasteiger partial charge on any atom is -0.481 e. The second-order valence-corrected chi connectivity index (χ2v) is 11.7. The third-order valence-corrected chi connectivity index (χ3v) is 5.76. The third kappa shape index (κ3) is 17.3. The summed E-state index contributed by atoms with van der Waals surface area (Å²) in [6.45, 7) is 15.9. The summed E-state index contributed by atoms with van der Waals surface area (Å²) in [7, 11) is 0. The molecule has 0 bridgehead atoms. The molecule has 0 amide bonds. The number of ether oxygens (including phenoxy) is 2. The Hall–Kier alpha value is -2.28. The van der Waals surface area contributed by atoms with Gasteiger partial charge in [0.15, 0.2) is 0 Å². The maximum atomic E-state index is 12.5. The number of nitrogens with zero attached hydrogens (tertiary/aromatic N) is 4. The number of carbonyl (C=O) groups excluding carboxylic acids is 2. The number of hydrogen-bond acceptors (Lipinski definition) is 10. The first kappa shape index (κ1) is 33.7. The molecule has 1 rings (SSSR count). The predicted octanol–water partition coefficient (Wildman–Crippen LogP) is 0.841. The van der Waals surface area contributed by atoms with Crippen LogP contribution in [0.3, 0.4) is 0 Å². The minimum absolute atomic E-state index is 0.0128. The zero-order chi connectivity index (χ0) is 28.9. The SMILES string of the molecule is CC(C)(C)OC(=O)CN1CCN(CCC(=O)O)CCN(CC(=O)OC(C)(C)C)CCN(CCC(=O)O)CC1. The number of hydrogen-bond donors (Lipinski definition) is 2. The summed E-state index contributed by atoms with van der Waals surface area (Å²) in [5.41, 5.74) is -1.22. The first-order chi connectivity index (χ1) is 17.5. The normalized spacial score (nSPS) is 18.3. The highest BCUT2D eigenvalue weighted by Gasteiger charge is 2.24. The average Bonchev–Trinajstić information content (AvgIpc) is 2.73. The summed E-state index contributed by atoms with van der Waals surface area (Å²) >= 11 is 0. The molecular formula is C26H48N4O8. The molecule has 0 aromatic heterocycles. The second kappa shape index (κ2) is 16.0. The molecule has 0 saturated carbocycles. The van der Waals surface area contributed by atoms with Crippen LogP contribution in [0.1, 0.15) is 54.4 Å². The van der Waals surface area contributed by atoms with Gasteiger partial charge in [0.25, 0.3) is 0 Å². The first-order valence-corrected chi connectivity index (χ1v) is 13.3. The van der Waals surface area contributed by atoms with Gasteiger partial charge in [-0.3, -0.25) is 29.0 Å². The van der Waals surface area contributed by atoms with E-state index in [1.807, 2.05) is 61.1 Å². The molecule has 12 heteroatoms. The lowest BCUT2D eigenvalue weighted by atomic mass is 10.2. The molecule has 0 radical (unpaired) electrons. The Morgan fingerprint density at radius 2 is 0.816 bits per heavy atom. The summed E-state index contributed by atoms with van der Waals surface area (Å²) < 4.78 is 11.0. The third-order valence-electron chi connectivity index (χ3n) is 5.76. The summed E-state index contributed by atoms with van der Waals surface area (Å²) in [6, 6.07) is 0. The molecule has 2 N–H and O–H groups in total. The van der Waals surface area contributed by atoms with Gasteiger partial charge in [-0.05, 0) is 41.5 Å². The van der Waals surface area contributed by atoms with Gasteiger partial charge in [0, 0.05) is 65.4 Å². The molecule has 1 aliphatic rings. The fourth-order valence-corrected chi connectivity index (χ4v) is 3.96. The molecule has 0 aromatic rings. The zero-order valence-corrected chi connectivity index (χ0v) is 24.0. The Morgan fingerprint density at radius 1 is 0.553 bits per heavy atom. The molecule has 0 aromatic carbocycles. The largest absolute Gasteiger partial charge is 0.481 e. The Kier molecular flexibility index (Phi) is 14.2. The maximum Gasteiger partial charge on any atom is 0.320 e. The van der Waals surface area contributed by atoms with Crippen molar-refractivity contribution < 1.29 is 38.9 Å². The van der Waals surface area contributed by atoms with E-state index in [0.717, 1.165) is 0 Å². The molecule has 1 heterocycles. The van der Waals surface area contributed by atoms with Gasteiger partial charge < -0.3 is 29.5 Å². The number of rotatable bonds is 10. The van der Waals surface area contributed by atoms with Gasteiger partial charge in [0.1, 0.15) is 11.2 Å². The minimum atomic E-state index is -0.888. The van der Waals surface area contributed by atoms with Gasteiger partial charge in [-0.2, -0.15) is 0 Å². The standard InChI is InChI=1S/C26H48N4O8/c1-25(2,3)37-23(35)19-29-15-11-27(9-7-21(31)32)13-17-30(20-24(36)38-26(4,5)6)18-14-28(12-16-29)10-8-22(33)34/h7-20H2,1-6H3,(H,31,32)(H,33,34). The number of carbonyl (C=O) groups is 4. The summed E-state index contributed by atoms with van der Waals surface area (Å²) in [5.74, 6) is -2.47. The fourth-order valence-electron chi connectivity index (χ4n) is 3.96. The van der Waals surface area contributed by atoms with Crippen LogP contribution in [0.4, 0.5) is 0 Å². The lowest BCUT2D eigenvalue weighted by Gasteiger charge is -2.34. The molecule has 1 aliphatic heterocycles. The number of carboxylic acids is 2. The van der Waals surface area contributed by atoms with Crippen LogP contribution in [0.25, 0.3) is 0 Å². The van der Waals surface area contributed by atoms with Gasteiger partial charge in [-0.1, -0.05) is 0 Å². The summed E-state index contributed by atoms with van der Waals surface area (Å²) in [5, 5.41) is 18.4. The molecule has 0 unspecified atom stereocenters. The second-order valence-electron chi connectivity index (χ2n) is 11.7. The van der Waals surface area contributed by atoms with Crippen molar-refractivity contribution in [2.75, 3.05) is 78.5 Å². The number of carboxylic acid groups (broad SMARTS) is 2.